The van der Waals surface area contributed by atoms with Crippen LogP contribution < -0.4 is 5.69 Å². The van der Waals surface area contributed by atoms with Crippen molar-refractivity contribution in [3.63, 3.8) is 0 Å². The Hall–Kier alpha value is -3.26. The molecule has 1 unspecified atom stereocenters. The van der Waals surface area contributed by atoms with Crippen LogP contribution in [0.3, 0.4) is 0 Å². The summed E-state index contributed by atoms with van der Waals surface area (Å²) in [5.41, 5.74) is 2.70. The van der Waals surface area contributed by atoms with Gasteiger partial charge in [-0.3, -0.25) is 9.25 Å². The Morgan fingerprint density at radius 3 is 2.66 bits per heavy atom. The monoisotopic (exact) mass is 413 g/mol. The van der Waals surface area contributed by atoms with Crippen molar-refractivity contribution in [2.45, 2.75) is 32.3 Å². The van der Waals surface area contributed by atoms with Crippen LogP contribution in [0.15, 0.2) is 58.2 Å². The lowest BCUT2D eigenvalue weighted by atomic mass is 10.1. The summed E-state index contributed by atoms with van der Waals surface area (Å²) in [6, 6.07) is 9.49. The van der Waals surface area contributed by atoms with Crippen molar-refractivity contribution in [1.29, 1.82) is 0 Å². The first kappa shape index (κ1) is 19.1. The molecule has 1 atom stereocenters. The third-order valence-corrected chi connectivity index (χ3v) is 5.22. The van der Waals surface area contributed by atoms with E-state index in [0.717, 1.165) is 22.6 Å². The molecule has 0 fully saturated rings. The maximum atomic E-state index is 12.8. The third-order valence-electron chi connectivity index (χ3n) is 4.83. The number of aromatic hydroxyl groups is 1. The normalized spacial score (nSPS) is 12.4. The molecule has 0 radical (unpaired) electrons. The lowest BCUT2D eigenvalue weighted by Crippen LogP contribution is -2.24. The minimum absolute atomic E-state index is 0.177. The lowest BCUT2D eigenvalue weighted by Gasteiger charge is -2.09. The van der Waals surface area contributed by atoms with Gasteiger partial charge in [0.2, 0.25) is 5.88 Å². The molecule has 9 heteroatoms. The Balaban J connectivity index is 1.59. The quantitative estimate of drug-likeness (QED) is 0.490. The fraction of sp³-hybridized carbons (Fsp3) is 0.250. The minimum atomic E-state index is -0.397. The Kier molecular flexibility index (Phi) is 5.02. The van der Waals surface area contributed by atoms with Gasteiger partial charge in [0.1, 0.15) is 5.76 Å². The fourth-order valence-corrected chi connectivity index (χ4v) is 3.53. The Morgan fingerprint density at radius 1 is 1.21 bits per heavy atom. The molecule has 3 heterocycles. The van der Waals surface area contributed by atoms with Crippen LogP contribution >= 0.6 is 11.6 Å². The third kappa shape index (κ3) is 3.71. The molecular weight excluding hydrogens is 394 g/mol. The number of aryl methyl sites for hydroxylation is 2. The van der Waals surface area contributed by atoms with Gasteiger partial charge in [-0.05, 0) is 19.4 Å². The summed E-state index contributed by atoms with van der Waals surface area (Å²) in [7, 11) is 0. The van der Waals surface area contributed by atoms with Crippen LogP contribution in [0.1, 0.15) is 28.0 Å². The van der Waals surface area contributed by atoms with E-state index in [1.54, 1.807) is 10.9 Å². The Labute approximate surface area is 171 Å². The standard InChI is InChI=1S/C20H20ClN5O3/c1-13-17(14(2)29-23-13)10-25-9-16(8-22-25)26-19(27)12-24(20(26)28)11-18(21)15-6-4-3-5-7-15/h3-9,12,18,27H,10-11H2,1-2H3. The summed E-state index contributed by atoms with van der Waals surface area (Å²) in [6.07, 6.45) is 4.60. The van der Waals surface area contributed by atoms with E-state index in [-0.39, 0.29) is 18.1 Å². The predicted octanol–water partition coefficient (Wildman–Crippen LogP) is 3.17. The molecule has 0 spiro atoms. The van der Waals surface area contributed by atoms with Gasteiger partial charge in [0.05, 0.1) is 35.7 Å². The first-order valence-electron chi connectivity index (χ1n) is 9.08. The molecule has 0 saturated heterocycles. The number of benzene rings is 1. The van der Waals surface area contributed by atoms with Gasteiger partial charge < -0.3 is 9.63 Å². The highest BCUT2D eigenvalue weighted by molar-refractivity contribution is 6.20. The van der Waals surface area contributed by atoms with Gasteiger partial charge in [-0.1, -0.05) is 35.5 Å². The van der Waals surface area contributed by atoms with E-state index < -0.39 is 5.38 Å². The summed E-state index contributed by atoms with van der Waals surface area (Å²) in [5.74, 6) is 0.545. The second kappa shape index (κ2) is 7.63. The molecule has 4 aromatic rings. The molecule has 0 bridgehead atoms. The van der Waals surface area contributed by atoms with Gasteiger partial charge in [-0.2, -0.15) is 5.10 Å². The number of hydrogen-bond donors (Lipinski definition) is 1. The second-order valence-electron chi connectivity index (χ2n) is 6.83. The van der Waals surface area contributed by atoms with Crippen molar-refractivity contribution in [3.8, 4) is 11.6 Å². The summed E-state index contributed by atoms with van der Waals surface area (Å²) in [5, 5.41) is 18.2. The van der Waals surface area contributed by atoms with Crippen molar-refractivity contribution in [2.75, 3.05) is 0 Å². The largest absolute Gasteiger partial charge is 0.493 e. The van der Waals surface area contributed by atoms with Crippen molar-refractivity contribution in [2.24, 2.45) is 0 Å². The van der Waals surface area contributed by atoms with Crippen LogP contribution in [0.5, 0.6) is 5.88 Å². The molecule has 4 rings (SSSR count). The van der Waals surface area contributed by atoms with Crippen LogP contribution in [0.4, 0.5) is 0 Å². The number of aromatic nitrogens is 5. The minimum Gasteiger partial charge on any atom is -0.493 e. The van der Waals surface area contributed by atoms with Crippen LogP contribution in [0.25, 0.3) is 5.69 Å². The number of rotatable bonds is 6. The molecule has 1 N–H and O–H groups in total. The first-order chi connectivity index (χ1) is 13.9. The summed E-state index contributed by atoms with van der Waals surface area (Å²) in [6.45, 7) is 4.39. The molecule has 29 heavy (non-hydrogen) atoms. The van der Waals surface area contributed by atoms with Gasteiger partial charge in [0.25, 0.3) is 0 Å². The Bertz CT molecular complexity index is 1170. The van der Waals surface area contributed by atoms with Crippen LogP contribution in [0, 0.1) is 13.8 Å². The highest BCUT2D eigenvalue weighted by atomic mass is 35.5. The number of nitrogens with zero attached hydrogens (tertiary/aromatic N) is 5. The number of imidazole rings is 1. The van der Waals surface area contributed by atoms with E-state index in [1.807, 2.05) is 44.2 Å². The molecule has 0 aliphatic heterocycles. The SMILES string of the molecule is Cc1noc(C)c1Cn1cc(-n2c(O)cn(CC(Cl)c3ccccc3)c2=O)cn1. The van der Waals surface area contributed by atoms with E-state index in [9.17, 15) is 9.90 Å². The number of alkyl halides is 1. The maximum absolute atomic E-state index is 12.8. The molecule has 8 nitrogen and oxygen atoms in total. The van der Waals surface area contributed by atoms with E-state index >= 15 is 0 Å². The maximum Gasteiger partial charge on any atom is 0.335 e. The zero-order valence-corrected chi connectivity index (χ0v) is 16.7. The highest BCUT2D eigenvalue weighted by Gasteiger charge is 2.18. The van der Waals surface area contributed by atoms with E-state index in [2.05, 4.69) is 10.3 Å². The highest BCUT2D eigenvalue weighted by Crippen LogP contribution is 2.23. The number of hydrogen-bond acceptors (Lipinski definition) is 5. The average Bonchev–Trinajstić information content (AvgIpc) is 3.37. The molecule has 0 saturated carbocycles. The molecule has 3 aromatic heterocycles. The van der Waals surface area contributed by atoms with Crippen LogP contribution in [-0.2, 0) is 13.1 Å². The van der Waals surface area contributed by atoms with Crippen molar-refractivity contribution >= 4 is 11.6 Å². The number of halogens is 1. The molecule has 1 aromatic carbocycles. The van der Waals surface area contributed by atoms with Gasteiger partial charge in [-0.15, -0.1) is 11.6 Å². The van der Waals surface area contributed by atoms with Crippen molar-refractivity contribution in [1.82, 2.24) is 24.1 Å². The summed E-state index contributed by atoms with van der Waals surface area (Å²) >= 11 is 6.45. The smallest absolute Gasteiger partial charge is 0.335 e. The zero-order chi connectivity index (χ0) is 20.5. The van der Waals surface area contributed by atoms with Crippen LogP contribution in [-0.4, -0.2) is 29.2 Å². The van der Waals surface area contributed by atoms with Crippen LogP contribution in [0.2, 0.25) is 0 Å². The second-order valence-corrected chi connectivity index (χ2v) is 7.36. The average molecular weight is 414 g/mol. The Morgan fingerprint density at radius 2 is 1.97 bits per heavy atom. The molecular formula is C20H20ClN5O3. The molecule has 0 aliphatic rings. The molecule has 150 valence electrons. The van der Waals surface area contributed by atoms with Gasteiger partial charge >= 0.3 is 5.69 Å². The topological polar surface area (TPSA) is 91.0 Å². The van der Waals surface area contributed by atoms with E-state index in [4.69, 9.17) is 16.1 Å². The van der Waals surface area contributed by atoms with Crippen molar-refractivity contribution in [3.05, 3.63) is 82.0 Å². The predicted molar refractivity (Wildman–Crippen MR) is 108 cm³/mol. The van der Waals surface area contributed by atoms with Gasteiger partial charge in [-0.25, -0.2) is 9.36 Å². The van der Waals surface area contributed by atoms with Gasteiger partial charge in [0, 0.05) is 18.3 Å². The van der Waals surface area contributed by atoms with E-state index in [1.165, 1.54) is 21.5 Å². The summed E-state index contributed by atoms with van der Waals surface area (Å²) in [4.78, 5) is 12.8. The zero-order valence-electron chi connectivity index (χ0n) is 16.0. The molecule has 0 aliphatic carbocycles. The van der Waals surface area contributed by atoms with Gasteiger partial charge in [0.15, 0.2) is 0 Å². The fourth-order valence-electron chi connectivity index (χ4n) is 3.24. The molecule has 0 amide bonds. The van der Waals surface area contributed by atoms with E-state index in [0.29, 0.717) is 12.2 Å². The van der Waals surface area contributed by atoms with Crippen molar-refractivity contribution < 1.29 is 9.63 Å². The lowest BCUT2D eigenvalue weighted by molar-refractivity contribution is 0.391. The summed E-state index contributed by atoms with van der Waals surface area (Å²) < 4.78 is 9.43. The first-order valence-corrected chi connectivity index (χ1v) is 9.52.